The fourth-order valence-corrected chi connectivity index (χ4v) is 3.27. The molecule has 0 aliphatic heterocycles. The number of hydrogen-bond acceptors (Lipinski definition) is 7. The number of nitrogens with one attached hydrogen (secondary N) is 1. The molecule has 1 aliphatic carbocycles. The Morgan fingerprint density at radius 1 is 1.19 bits per heavy atom. The fraction of sp³-hybridized carbons (Fsp3) is 0.278. The van der Waals surface area contributed by atoms with Crippen molar-refractivity contribution in [3.63, 3.8) is 0 Å². The van der Waals surface area contributed by atoms with Gasteiger partial charge in [-0.15, -0.1) is 5.10 Å². The van der Waals surface area contributed by atoms with Crippen LogP contribution in [0.1, 0.15) is 25.8 Å². The van der Waals surface area contributed by atoms with E-state index in [1.165, 1.54) is 11.8 Å². The van der Waals surface area contributed by atoms with Crippen LogP contribution < -0.4 is 10.1 Å². The Bertz CT molecular complexity index is 911. The van der Waals surface area contributed by atoms with Crippen LogP contribution in [0.5, 0.6) is 11.5 Å². The van der Waals surface area contributed by atoms with E-state index in [1.54, 1.807) is 41.3 Å². The summed E-state index contributed by atoms with van der Waals surface area (Å²) in [6.45, 7) is 1.84. The average molecular weight is 382 g/mol. The lowest BCUT2D eigenvalue weighted by Gasteiger charge is -2.12. The summed E-state index contributed by atoms with van der Waals surface area (Å²) in [6.07, 6.45) is 5.52. The number of carbonyl (C=O) groups excluding carboxylic acids is 1. The summed E-state index contributed by atoms with van der Waals surface area (Å²) in [5.74, 6) is 1.29. The van der Waals surface area contributed by atoms with Gasteiger partial charge in [0.2, 0.25) is 11.1 Å². The van der Waals surface area contributed by atoms with Crippen molar-refractivity contribution in [3.8, 4) is 11.5 Å². The lowest BCUT2D eigenvalue weighted by atomic mass is 10.3. The first-order valence-corrected chi connectivity index (χ1v) is 9.50. The minimum atomic E-state index is -0.318. The number of thioether (sulfide) groups is 1. The Labute approximate surface area is 160 Å². The second-order valence-electron chi connectivity index (χ2n) is 6.20. The maximum absolute atomic E-state index is 12.5. The van der Waals surface area contributed by atoms with Crippen molar-refractivity contribution < 1.29 is 9.53 Å². The number of nitrogens with zero attached hydrogens (tertiary/aromatic N) is 5. The van der Waals surface area contributed by atoms with E-state index in [0.29, 0.717) is 28.4 Å². The highest BCUT2D eigenvalue weighted by Crippen LogP contribution is 2.37. The van der Waals surface area contributed by atoms with Gasteiger partial charge in [0.15, 0.2) is 0 Å². The summed E-state index contributed by atoms with van der Waals surface area (Å²) in [6, 6.07) is 11.2. The Balaban J connectivity index is 1.34. The summed E-state index contributed by atoms with van der Waals surface area (Å²) in [5, 5.41) is 15.0. The van der Waals surface area contributed by atoms with Crippen molar-refractivity contribution in [2.45, 2.75) is 36.2 Å². The van der Waals surface area contributed by atoms with Gasteiger partial charge in [-0.2, -0.15) is 0 Å². The summed E-state index contributed by atoms with van der Waals surface area (Å²) < 4.78 is 7.52. The number of pyridine rings is 1. The summed E-state index contributed by atoms with van der Waals surface area (Å²) >= 11 is 1.36. The minimum Gasteiger partial charge on any atom is -0.457 e. The molecule has 3 aromatic rings. The monoisotopic (exact) mass is 382 g/mol. The van der Waals surface area contributed by atoms with Crippen LogP contribution in [0.3, 0.4) is 0 Å². The van der Waals surface area contributed by atoms with Crippen LogP contribution in [0.2, 0.25) is 0 Å². The number of rotatable bonds is 7. The lowest BCUT2D eigenvalue weighted by Crippen LogP contribution is -2.22. The van der Waals surface area contributed by atoms with Gasteiger partial charge in [0, 0.05) is 18.1 Å². The van der Waals surface area contributed by atoms with E-state index in [2.05, 4.69) is 25.8 Å². The molecule has 9 heteroatoms. The standard InChI is InChI=1S/C18H18N6O2S/c1-12(27-18-21-22-23-24(18)14-4-5-14)17(25)20-13-2-6-15(7-3-13)26-16-8-10-19-11-9-16/h2-3,6-12,14H,4-5H2,1H3,(H,20,25). The SMILES string of the molecule is CC(Sc1nnnn1C1CC1)C(=O)Nc1ccc(Oc2ccncc2)cc1. The van der Waals surface area contributed by atoms with Gasteiger partial charge in [0.25, 0.3) is 0 Å². The Hall–Kier alpha value is -2.94. The first-order valence-electron chi connectivity index (χ1n) is 8.62. The largest absolute Gasteiger partial charge is 0.457 e. The van der Waals surface area contributed by atoms with Gasteiger partial charge in [0.05, 0.1) is 11.3 Å². The molecule has 2 aromatic heterocycles. The third kappa shape index (κ3) is 4.43. The van der Waals surface area contributed by atoms with Crippen molar-refractivity contribution in [2.75, 3.05) is 5.32 Å². The number of tetrazole rings is 1. The summed E-state index contributed by atoms with van der Waals surface area (Å²) in [5.41, 5.74) is 0.705. The van der Waals surface area contributed by atoms with E-state index < -0.39 is 0 Å². The number of benzene rings is 1. The van der Waals surface area contributed by atoms with Gasteiger partial charge in [-0.05, 0) is 66.6 Å². The first-order chi connectivity index (χ1) is 13.2. The van der Waals surface area contributed by atoms with E-state index >= 15 is 0 Å². The Morgan fingerprint density at radius 3 is 2.59 bits per heavy atom. The van der Waals surface area contributed by atoms with Crippen LogP contribution in [0.25, 0.3) is 0 Å². The number of aromatic nitrogens is 5. The number of anilines is 1. The third-order valence-electron chi connectivity index (χ3n) is 4.01. The highest BCUT2D eigenvalue weighted by Gasteiger charge is 2.29. The molecule has 1 N–H and O–H groups in total. The predicted octanol–water partition coefficient (Wildman–Crippen LogP) is 3.31. The average Bonchev–Trinajstić information content (AvgIpc) is 3.43. The van der Waals surface area contributed by atoms with Gasteiger partial charge < -0.3 is 10.1 Å². The molecule has 1 atom stereocenters. The normalized spacial score (nSPS) is 14.6. The second-order valence-corrected chi connectivity index (χ2v) is 7.50. The third-order valence-corrected chi connectivity index (χ3v) is 5.06. The van der Waals surface area contributed by atoms with Crippen molar-refractivity contribution in [1.82, 2.24) is 25.2 Å². The molecule has 0 bridgehead atoms. The number of carbonyl (C=O) groups is 1. The molecule has 1 unspecified atom stereocenters. The van der Waals surface area contributed by atoms with E-state index in [-0.39, 0.29) is 11.2 Å². The van der Waals surface area contributed by atoms with Crippen LogP contribution >= 0.6 is 11.8 Å². The van der Waals surface area contributed by atoms with Gasteiger partial charge in [-0.1, -0.05) is 11.8 Å². The van der Waals surface area contributed by atoms with Gasteiger partial charge >= 0.3 is 0 Å². The van der Waals surface area contributed by atoms with Crippen LogP contribution in [0, 0.1) is 0 Å². The molecule has 1 saturated carbocycles. The zero-order valence-electron chi connectivity index (χ0n) is 14.6. The molecule has 1 aromatic carbocycles. The highest BCUT2D eigenvalue weighted by molar-refractivity contribution is 8.00. The molecule has 1 amide bonds. The molecular formula is C18H18N6O2S. The molecule has 27 heavy (non-hydrogen) atoms. The minimum absolute atomic E-state index is 0.104. The maximum atomic E-state index is 12.5. The lowest BCUT2D eigenvalue weighted by molar-refractivity contribution is -0.115. The quantitative estimate of drug-likeness (QED) is 0.626. The summed E-state index contributed by atoms with van der Waals surface area (Å²) in [4.78, 5) is 16.4. The van der Waals surface area contributed by atoms with E-state index in [9.17, 15) is 4.79 Å². The highest BCUT2D eigenvalue weighted by atomic mass is 32.2. The smallest absolute Gasteiger partial charge is 0.237 e. The Kier molecular flexibility index (Phi) is 5.01. The molecule has 8 nitrogen and oxygen atoms in total. The Morgan fingerprint density at radius 2 is 1.89 bits per heavy atom. The zero-order chi connectivity index (χ0) is 18.6. The zero-order valence-corrected chi connectivity index (χ0v) is 15.5. The van der Waals surface area contributed by atoms with Gasteiger partial charge in [-0.3, -0.25) is 9.78 Å². The van der Waals surface area contributed by atoms with Gasteiger partial charge in [0.1, 0.15) is 11.5 Å². The van der Waals surface area contributed by atoms with Crippen LogP contribution in [-0.4, -0.2) is 36.3 Å². The van der Waals surface area contributed by atoms with Crippen molar-refractivity contribution in [1.29, 1.82) is 0 Å². The number of ether oxygens (including phenoxy) is 1. The van der Waals surface area contributed by atoms with E-state index in [0.717, 1.165) is 12.8 Å². The molecule has 2 heterocycles. The summed E-state index contributed by atoms with van der Waals surface area (Å²) in [7, 11) is 0. The molecule has 138 valence electrons. The van der Waals surface area contributed by atoms with Crippen molar-refractivity contribution >= 4 is 23.4 Å². The number of hydrogen-bond donors (Lipinski definition) is 1. The van der Waals surface area contributed by atoms with Crippen molar-refractivity contribution in [3.05, 3.63) is 48.8 Å². The number of amides is 1. The predicted molar refractivity (Wildman–Crippen MR) is 101 cm³/mol. The van der Waals surface area contributed by atoms with Crippen LogP contribution in [0.4, 0.5) is 5.69 Å². The molecule has 1 aliphatic rings. The fourth-order valence-electron chi connectivity index (χ4n) is 2.42. The van der Waals surface area contributed by atoms with Crippen LogP contribution in [-0.2, 0) is 4.79 Å². The molecule has 0 spiro atoms. The molecule has 4 rings (SSSR count). The maximum Gasteiger partial charge on any atom is 0.237 e. The van der Waals surface area contributed by atoms with Crippen molar-refractivity contribution in [2.24, 2.45) is 0 Å². The van der Waals surface area contributed by atoms with Crippen LogP contribution in [0.15, 0.2) is 53.9 Å². The first kappa shape index (κ1) is 17.5. The molecular weight excluding hydrogens is 364 g/mol. The van der Waals surface area contributed by atoms with E-state index in [4.69, 9.17) is 4.74 Å². The second kappa shape index (κ2) is 7.75. The van der Waals surface area contributed by atoms with Gasteiger partial charge in [-0.25, -0.2) is 4.68 Å². The molecule has 1 fully saturated rings. The van der Waals surface area contributed by atoms with E-state index in [1.807, 2.05) is 19.1 Å². The molecule has 0 radical (unpaired) electrons. The molecule has 0 saturated heterocycles. The topological polar surface area (TPSA) is 94.8 Å².